The van der Waals surface area contributed by atoms with Gasteiger partial charge in [0.05, 0.1) is 11.9 Å². The Balaban J connectivity index is 2.13. The quantitative estimate of drug-likeness (QED) is 0.929. The first-order valence-corrected chi connectivity index (χ1v) is 7.28. The number of rotatable bonds is 4. The lowest BCUT2D eigenvalue weighted by Crippen LogP contribution is -2.35. The zero-order valence-electron chi connectivity index (χ0n) is 11.1. The summed E-state index contributed by atoms with van der Waals surface area (Å²) in [4.78, 5) is 12.1. The highest BCUT2D eigenvalue weighted by Gasteiger charge is 2.26. The topological polar surface area (TPSA) is 46.9 Å². The minimum absolute atomic E-state index is 0.0546. The van der Waals surface area contributed by atoms with Crippen molar-refractivity contribution in [2.45, 2.75) is 46.2 Å². The molecule has 0 aromatic carbocycles. The van der Waals surface area contributed by atoms with Crippen LogP contribution in [0, 0.1) is 11.8 Å². The molecule has 1 heterocycles. The third-order valence-electron chi connectivity index (χ3n) is 3.26. The van der Waals surface area contributed by atoms with E-state index in [1.165, 1.54) is 17.5 Å². The maximum Gasteiger partial charge on any atom is 0.283 e. The molecule has 1 aliphatic rings. The molecular weight excluding hydrogens is 294 g/mol. The van der Waals surface area contributed by atoms with E-state index < -0.39 is 0 Å². The molecule has 0 amide bonds. The average molecular weight is 314 g/mol. The molecule has 0 atom stereocenters. The fourth-order valence-corrected chi connectivity index (χ4v) is 2.70. The van der Waals surface area contributed by atoms with Crippen LogP contribution >= 0.6 is 15.9 Å². The Hall–Kier alpha value is -0.840. The standard InChI is InChI=1S/C13H20BrN3O/c1-8(2)7-17-13(18)12(14)11(6-15-17)16-10-4-9(3)5-10/h6,8-10,16H,4-5,7H2,1-3H3. The molecule has 0 saturated heterocycles. The summed E-state index contributed by atoms with van der Waals surface area (Å²) in [6.07, 6.45) is 4.08. The second-order valence-corrected chi connectivity index (χ2v) is 6.46. The normalized spacial score (nSPS) is 22.9. The molecule has 0 spiro atoms. The molecule has 4 nitrogen and oxygen atoms in total. The van der Waals surface area contributed by atoms with Gasteiger partial charge in [0.15, 0.2) is 0 Å². The highest BCUT2D eigenvalue weighted by atomic mass is 79.9. The number of hydrogen-bond donors (Lipinski definition) is 1. The number of anilines is 1. The van der Waals surface area contributed by atoms with Gasteiger partial charge in [-0.2, -0.15) is 5.10 Å². The predicted octanol–water partition coefficient (Wildman–Crippen LogP) is 2.87. The van der Waals surface area contributed by atoms with Gasteiger partial charge < -0.3 is 5.32 Å². The molecule has 1 saturated carbocycles. The number of aromatic nitrogens is 2. The SMILES string of the molecule is CC(C)Cn1ncc(NC2CC(C)C2)c(Br)c1=O. The molecule has 100 valence electrons. The minimum Gasteiger partial charge on any atom is -0.380 e. The highest BCUT2D eigenvalue weighted by Crippen LogP contribution is 2.30. The van der Waals surface area contributed by atoms with Crippen molar-refractivity contribution in [3.63, 3.8) is 0 Å². The Morgan fingerprint density at radius 3 is 2.78 bits per heavy atom. The van der Waals surface area contributed by atoms with Gasteiger partial charge in [-0.1, -0.05) is 20.8 Å². The third kappa shape index (κ3) is 2.94. The van der Waals surface area contributed by atoms with Crippen molar-refractivity contribution < 1.29 is 0 Å². The molecule has 5 heteroatoms. The smallest absolute Gasteiger partial charge is 0.283 e. The molecule has 1 fully saturated rings. The molecule has 0 aliphatic heterocycles. The van der Waals surface area contributed by atoms with E-state index in [0.29, 0.717) is 23.0 Å². The van der Waals surface area contributed by atoms with Crippen LogP contribution < -0.4 is 10.9 Å². The van der Waals surface area contributed by atoms with Crippen LogP contribution in [0.5, 0.6) is 0 Å². The second-order valence-electron chi connectivity index (χ2n) is 5.67. The maximum atomic E-state index is 12.1. The molecule has 18 heavy (non-hydrogen) atoms. The van der Waals surface area contributed by atoms with Crippen molar-refractivity contribution in [2.75, 3.05) is 5.32 Å². The van der Waals surface area contributed by atoms with E-state index >= 15 is 0 Å². The highest BCUT2D eigenvalue weighted by molar-refractivity contribution is 9.10. The average Bonchev–Trinajstić information content (AvgIpc) is 2.26. The largest absolute Gasteiger partial charge is 0.380 e. The summed E-state index contributed by atoms with van der Waals surface area (Å²) < 4.78 is 2.11. The van der Waals surface area contributed by atoms with E-state index in [9.17, 15) is 4.79 Å². The molecule has 2 rings (SSSR count). The van der Waals surface area contributed by atoms with Gasteiger partial charge >= 0.3 is 0 Å². The van der Waals surface area contributed by atoms with E-state index in [0.717, 1.165) is 11.6 Å². The molecule has 1 aromatic heterocycles. The Kier molecular flexibility index (Phi) is 4.10. The molecule has 1 N–H and O–H groups in total. The summed E-state index contributed by atoms with van der Waals surface area (Å²) in [6, 6.07) is 0.485. The van der Waals surface area contributed by atoms with Gasteiger partial charge in [0.1, 0.15) is 4.47 Å². The lowest BCUT2D eigenvalue weighted by molar-refractivity contribution is 0.309. The van der Waals surface area contributed by atoms with Crippen molar-refractivity contribution in [2.24, 2.45) is 11.8 Å². The lowest BCUT2D eigenvalue weighted by atomic mass is 9.82. The summed E-state index contributed by atoms with van der Waals surface area (Å²) in [7, 11) is 0. The van der Waals surface area contributed by atoms with Crippen LogP contribution in [0.2, 0.25) is 0 Å². The monoisotopic (exact) mass is 313 g/mol. The minimum atomic E-state index is -0.0546. The molecular formula is C13H20BrN3O. The van der Waals surface area contributed by atoms with Gasteiger partial charge in [-0.3, -0.25) is 4.79 Å². The number of nitrogens with one attached hydrogen (secondary N) is 1. The first-order chi connectivity index (χ1) is 8.47. The summed E-state index contributed by atoms with van der Waals surface area (Å²) in [6.45, 7) is 7.04. The molecule has 1 aromatic rings. The van der Waals surface area contributed by atoms with E-state index in [4.69, 9.17) is 0 Å². The molecule has 0 bridgehead atoms. The summed E-state index contributed by atoms with van der Waals surface area (Å²) in [5, 5.41) is 7.60. The van der Waals surface area contributed by atoms with Gasteiger partial charge in [0.2, 0.25) is 0 Å². The maximum absolute atomic E-state index is 12.1. The van der Waals surface area contributed by atoms with E-state index in [-0.39, 0.29) is 5.56 Å². The summed E-state index contributed by atoms with van der Waals surface area (Å²) >= 11 is 3.38. The Morgan fingerprint density at radius 2 is 2.22 bits per heavy atom. The van der Waals surface area contributed by atoms with Crippen LogP contribution in [-0.4, -0.2) is 15.8 Å². The van der Waals surface area contributed by atoms with Gasteiger partial charge in [0, 0.05) is 12.6 Å². The Morgan fingerprint density at radius 1 is 1.56 bits per heavy atom. The zero-order chi connectivity index (χ0) is 13.3. The van der Waals surface area contributed by atoms with Crippen molar-refractivity contribution in [1.29, 1.82) is 0 Å². The Labute approximate surface area is 116 Å². The van der Waals surface area contributed by atoms with Gasteiger partial charge in [-0.05, 0) is 40.6 Å². The van der Waals surface area contributed by atoms with Gasteiger partial charge in [0.25, 0.3) is 5.56 Å². The van der Waals surface area contributed by atoms with Crippen LogP contribution in [-0.2, 0) is 6.54 Å². The van der Waals surface area contributed by atoms with Crippen molar-refractivity contribution in [3.8, 4) is 0 Å². The molecule has 1 aliphatic carbocycles. The van der Waals surface area contributed by atoms with Crippen molar-refractivity contribution in [3.05, 3.63) is 21.0 Å². The number of hydrogen-bond acceptors (Lipinski definition) is 3. The first-order valence-electron chi connectivity index (χ1n) is 6.49. The fraction of sp³-hybridized carbons (Fsp3) is 0.692. The van der Waals surface area contributed by atoms with Crippen LogP contribution in [0.3, 0.4) is 0 Å². The Bertz CT molecular complexity index is 478. The van der Waals surface area contributed by atoms with Gasteiger partial charge in [-0.25, -0.2) is 4.68 Å². The van der Waals surface area contributed by atoms with Crippen LogP contribution in [0.1, 0.15) is 33.6 Å². The molecule has 0 unspecified atom stereocenters. The number of nitrogens with zero attached hydrogens (tertiary/aromatic N) is 2. The van der Waals surface area contributed by atoms with Crippen LogP contribution in [0.4, 0.5) is 5.69 Å². The fourth-order valence-electron chi connectivity index (χ4n) is 2.28. The third-order valence-corrected chi connectivity index (χ3v) is 4.02. The van der Waals surface area contributed by atoms with Crippen LogP contribution in [0.25, 0.3) is 0 Å². The summed E-state index contributed by atoms with van der Waals surface area (Å²) in [5.41, 5.74) is 0.762. The van der Waals surface area contributed by atoms with Crippen LogP contribution in [0.15, 0.2) is 15.5 Å². The van der Waals surface area contributed by atoms with Crippen molar-refractivity contribution in [1.82, 2.24) is 9.78 Å². The van der Waals surface area contributed by atoms with E-state index in [1.807, 2.05) is 0 Å². The first kappa shape index (κ1) is 13.6. The molecule has 0 radical (unpaired) electrons. The summed E-state index contributed by atoms with van der Waals surface area (Å²) in [5.74, 6) is 1.20. The lowest BCUT2D eigenvalue weighted by Gasteiger charge is -2.34. The van der Waals surface area contributed by atoms with E-state index in [2.05, 4.69) is 47.1 Å². The van der Waals surface area contributed by atoms with Gasteiger partial charge in [-0.15, -0.1) is 0 Å². The zero-order valence-corrected chi connectivity index (χ0v) is 12.7. The predicted molar refractivity (Wildman–Crippen MR) is 76.8 cm³/mol. The second kappa shape index (κ2) is 5.43. The van der Waals surface area contributed by atoms with Crippen molar-refractivity contribution >= 4 is 21.6 Å². The van der Waals surface area contributed by atoms with E-state index in [1.54, 1.807) is 6.20 Å². The number of halogens is 1.